The first-order valence-corrected chi connectivity index (χ1v) is 9.18. The van der Waals surface area contributed by atoms with Crippen molar-refractivity contribution in [2.75, 3.05) is 6.54 Å². The minimum Gasteiger partial charge on any atom is -0.335 e. The van der Waals surface area contributed by atoms with E-state index in [0.717, 1.165) is 37.0 Å². The first-order chi connectivity index (χ1) is 11.9. The highest BCUT2D eigenvalue weighted by molar-refractivity contribution is 7.17. The van der Waals surface area contributed by atoms with Crippen molar-refractivity contribution in [3.05, 3.63) is 40.9 Å². The molecule has 1 atom stereocenters. The first-order valence-electron chi connectivity index (χ1n) is 8.36. The molecule has 1 unspecified atom stereocenters. The van der Waals surface area contributed by atoms with Crippen LogP contribution in [-0.2, 0) is 6.18 Å². The van der Waals surface area contributed by atoms with Gasteiger partial charge < -0.3 is 4.90 Å². The highest BCUT2D eigenvalue weighted by Gasteiger charge is 2.41. The molecule has 1 saturated heterocycles. The number of thiazole rings is 1. The predicted octanol–water partition coefficient (Wildman–Crippen LogP) is 5.23. The van der Waals surface area contributed by atoms with E-state index in [0.29, 0.717) is 12.1 Å². The van der Waals surface area contributed by atoms with E-state index < -0.39 is 17.8 Å². The predicted molar refractivity (Wildman–Crippen MR) is 91.5 cm³/mol. The van der Waals surface area contributed by atoms with E-state index >= 15 is 0 Å². The van der Waals surface area contributed by atoms with E-state index in [1.807, 2.05) is 6.92 Å². The number of amides is 1. The van der Waals surface area contributed by atoms with Crippen LogP contribution in [0.1, 0.15) is 48.0 Å². The van der Waals surface area contributed by atoms with Crippen molar-refractivity contribution < 1.29 is 18.0 Å². The van der Waals surface area contributed by atoms with Crippen LogP contribution in [0.2, 0.25) is 0 Å². The highest BCUT2D eigenvalue weighted by atomic mass is 32.1. The lowest BCUT2D eigenvalue weighted by Gasteiger charge is -2.35. The zero-order chi connectivity index (χ0) is 18.0. The van der Waals surface area contributed by atoms with Crippen LogP contribution in [0.3, 0.4) is 0 Å². The van der Waals surface area contributed by atoms with Crippen molar-refractivity contribution in [1.29, 1.82) is 0 Å². The number of benzene rings is 1. The second-order valence-corrected chi connectivity index (χ2v) is 7.12. The Morgan fingerprint density at radius 2 is 2.00 bits per heavy atom. The van der Waals surface area contributed by atoms with Gasteiger partial charge in [-0.1, -0.05) is 37.3 Å². The van der Waals surface area contributed by atoms with Gasteiger partial charge in [0.1, 0.15) is 9.88 Å². The van der Waals surface area contributed by atoms with Gasteiger partial charge in [0.2, 0.25) is 0 Å². The maximum Gasteiger partial charge on any atom is 0.435 e. The molecule has 2 aromatic rings. The minimum atomic E-state index is -4.65. The van der Waals surface area contributed by atoms with E-state index in [4.69, 9.17) is 0 Å². The molecule has 7 heteroatoms. The molecule has 1 aliphatic rings. The molecule has 134 valence electrons. The number of nitrogens with zero attached hydrogens (tertiary/aromatic N) is 2. The third-order valence-electron chi connectivity index (χ3n) is 4.47. The Balaban J connectivity index is 2.02. The van der Waals surface area contributed by atoms with Crippen LogP contribution in [0.15, 0.2) is 30.3 Å². The summed E-state index contributed by atoms with van der Waals surface area (Å²) < 4.78 is 40.4. The summed E-state index contributed by atoms with van der Waals surface area (Å²) in [6.07, 6.45) is -1.22. The normalized spacial score (nSPS) is 18.4. The van der Waals surface area contributed by atoms with Crippen LogP contribution < -0.4 is 0 Å². The smallest absolute Gasteiger partial charge is 0.335 e. The molecule has 0 radical (unpaired) electrons. The average Bonchev–Trinajstić information content (AvgIpc) is 3.07. The van der Waals surface area contributed by atoms with Gasteiger partial charge in [0.05, 0.1) is 0 Å². The molecule has 2 heterocycles. The quantitative estimate of drug-likeness (QED) is 0.743. The Morgan fingerprint density at radius 3 is 2.64 bits per heavy atom. The Morgan fingerprint density at radius 1 is 1.28 bits per heavy atom. The third-order valence-corrected chi connectivity index (χ3v) is 5.56. The van der Waals surface area contributed by atoms with Gasteiger partial charge in [-0.25, -0.2) is 4.98 Å². The summed E-state index contributed by atoms with van der Waals surface area (Å²) in [4.78, 5) is 17.9. The van der Waals surface area contributed by atoms with Crippen LogP contribution in [0, 0.1) is 0 Å². The number of halogens is 3. The van der Waals surface area contributed by atoms with E-state index in [2.05, 4.69) is 4.98 Å². The third kappa shape index (κ3) is 3.71. The summed E-state index contributed by atoms with van der Waals surface area (Å²) in [5.41, 5.74) is -0.482. The van der Waals surface area contributed by atoms with E-state index in [-0.39, 0.29) is 15.9 Å². The van der Waals surface area contributed by atoms with Gasteiger partial charge in [-0.15, -0.1) is 11.3 Å². The van der Waals surface area contributed by atoms with Crippen LogP contribution >= 0.6 is 11.3 Å². The molecule has 1 amide bonds. The summed E-state index contributed by atoms with van der Waals surface area (Å²) in [6.45, 7) is 2.47. The molecule has 3 rings (SSSR count). The maximum atomic E-state index is 13.5. The van der Waals surface area contributed by atoms with E-state index in [9.17, 15) is 18.0 Å². The maximum absolute atomic E-state index is 13.5. The van der Waals surface area contributed by atoms with Gasteiger partial charge in [-0.2, -0.15) is 13.2 Å². The second-order valence-electron chi connectivity index (χ2n) is 6.12. The van der Waals surface area contributed by atoms with Crippen molar-refractivity contribution in [1.82, 2.24) is 9.88 Å². The summed E-state index contributed by atoms with van der Waals surface area (Å²) >= 11 is 0.831. The minimum absolute atomic E-state index is 0.00427. The topological polar surface area (TPSA) is 33.2 Å². The summed E-state index contributed by atoms with van der Waals surface area (Å²) in [5, 5.41) is 0.223. The van der Waals surface area contributed by atoms with Gasteiger partial charge in [-0.3, -0.25) is 4.79 Å². The lowest BCUT2D eigenvalue weighted by atomic mass is 9.99. The van der Waals surface area contributed by atoms with Crippen LogP contribution in [-0.4, -0.2) is 28.4 Å². The monoisotopic (exact) mass is 368 g/mol. The van der Waals surface area contributed by atoms with Gasteiger partial charge >= 0.3 is 6.18 Å². The lowest BCUT2D eigenvalue weighted by molar-refractivity contribution is -0.141. The summed E-state index contributed by atoms with van der Waals surface area (Å²) in [6, 6.07) is 8.66. The van der Waals surface area contributed by atoms with Crippen LogP contribution in [0.4, 0.5) is 13.2 Å². The molecule has 0 bridgehead atoms. The molecular formula is C18H19F3N2OS. The standard InChI is InChI=1S/C18H19F3N2OS/c1-2-13-10-6-7-11-23(13)17(24)14-15(18(19,20)21)22-16(25-14)12-8-4-3-5-9-12/h3-5,8-9,13H,2,6-7,10-11H2,1H3. The Bertz CT molecular complexity index is 743. The molecular weight excluding hydrogens is 349 g/mol. The molecule has 1 fully saturated rings. The molecule has 0 aliphatic carbocycles. The first kappa shape index (κ1) is 17.9. The Kier molecular flexibility index (Phi) is 5.13. The fourth-order valence-corrected chi connectivity index (χ4v) is 4.23. The SMILES string of the molecule is CCC1CCCCN1C(=O)c1sc(-c2ccccc2)nc1C(F)(F)F. The van der Waals surface area contributed by atoms with Crippen molar-refractivity contribution >= 4 is 17.2 Å². The van der Waals surface area contributed by atoms with Crippen LogP contribution in [0.25, 0.3) is 10.6 Å². The summed E-state index contributed by atoms with van der Waals surface area (Å²) in [7, 11) is 0. The number of hydrogen-bond donors (Lipinski definition) is 0. The Hall–Kier alpha value is -1.89. The number of hydrogen-bond acceptors (Lipinski definition) is 3. The van der Waals surface area contributed by atoms with E-state index in [1.54, 1.807) is 35.2 Å². The summed E-state index contributed by atoms with van der Waals surface area (Å²) in [5.74, 6) is -0.543. The zero-order valence-electron chi connectivity index (χ0n) is 13.8. The fourth-order valence-electron chi connectivity index (χ4n) is 3.18. The number of aromatic nitrogens is 1. The largest absolute Gasteiger partial charge is 0.435 e. The van der Waals surface area contributed by atoms with Crippen molar-refractivity contribution in [3.63, 3.8) is 0 Å². The Labute approximate surface area is 148 Å². The molecule has 0 spiro atoms. The molecule has 0 N–H and O–H groups in total. The number of alkyl halides is 3. The number of carbonyl (C=O) groups is 1. The second kappa shape index (κ2) is 7.15. The number of likely N-dealkylation sites (tertiary alicyclic amines) is 1. The molecule has 1 aliphatic heterocycles. The molecule has 3 nitrogen and oxygen atoms in total. The van der Waals surface area contributed by atoms with Gasteiger partial charge in [0.15, 0.2) is 5.69 Å². The van der Waals surface area contributed by atoms with Crippen molar-refractivity contribution in [3.8, 4) is 10.6 Å². The average molecular weight is 368 g/mol. The van der Waals surface area contributed by atoms with Gasteiger partial charge in [0.25, 0.3) is 5.91 Å². The molecule has 1 aromatic carbocycles. The number of rotatable bonds is 3. The fraction of sp³-hybridized carbons (Fsp3) is 0.444. The van der Waals surface area contributed by atoms with Crippen molar-refractivity contribution in [2.45, 2.75) is 44.8 Å². The zero-order valence-corrected chi connectivity index (χ0v) is 14.7. The van der Waals surface area contributed by atoms with Crippen LogP contribution in [0.5, 0.6) is 0 Å². The van der Waals surface area contributed by atoms with E-state index in [1.165, 1.54) is 0 Å². The number of carbonyl (C=O) groups excluding carboxylic acids is 1. The van der Waals surface area contributed by atoms with Gasteiger partial charge in [0, 0.05) is 18.2 Å². The number of piperidine rings is 1. The van der Waals surface area contributed by atoms with Crippen molar-refractivity contribution in [2.24, 2.45) is 0 Å². The lowest BCUT2D eigenvalue weighted by Crippen LogP contribution is -2.43. The molecule has 25 heavy (non-hydrogen) atoms. The highest BCUT2D eigenvalue weighted by Crippen LogP contribution is 2.39. The van der Waals surface area contributed by atoms with Gasteiger partial charge in [-0.05, 0) is 25.7 Å². The molecule has 0 saturated carbocycles. The molecule has 1 aromatic heterocycles.